The second kappa shape index (κ2) is 10.0. The highest BCUT2D eigenvalue weighted by molar-refractivity contribution is 5.99. The smallest absolute Gasteiger partial charge is 0.309 e. The number of ether oxygens (including phenoxy) is 2. The molecule has 2 aromatic carbocycles. The average molecular weight is 415 g/mol. The van der Waals surface area contributed by atoms with E-state index in [1.165, 1.54) is 24.6 Å². The molecule has 2 rings (SSSR count). The van der Waals surface area contributed by atoms with Gasteiger partial charge < -0.3 is 14.8 Å². The molecule has 0 unspecified atom stereocenters. The zero-order valence-corrected chi connectivity index (χ0v) is 17.6. The molecule has 0 aliphatic rings. The Bertz CT molecular complexity index is 916. The maximum Gasteiger partial charge on any atom is 0.309 e. The lowest BCUT2D eigenvalue weighted by Crippen LogP contribution is -2.17. The van der Waals surface area contributed by atoms with E-state index in [-0.39, 0.29) is 35.6 Å². The summed E-state index contributed by atoms with van der Waals surface area (Å²) in [5, 5.41) is 2.42. The third kappa shape index (κ3) is 6.99. The highest BCUT2D eigenvalue weighted by Gasteiger charge is 2.16. The van der Waals surface area contributed by atoms with Crippen molar-refractivity contribution in [3.05, 3.63) is 59.4 Å². The minimum Gasteiger partial charge on any atom is -0.493 e. The molecule has 0 fully saturated rings. The molecular weight excluding hydrogens is 389 g/mol. The van der Waals surface area contributed by atoms with Crippen LogP contribution in [0.3, 0.4) is 0 Å². The van der Waals surface area contributed by atoms with Crippen LogP contribution in [0.25, 0.3) is 0 Å². The predicted octanol–water partition coefficient (Wildman–Crippen LogP) is 4.28. The van der Waals surface area contributed by atoms with Crippen LogP contribution in [-0.2, 0) is 19.7 Å². The number of anilines is 1. The van der Waals surface area contributed by atoms with Crippen molar-refractivity contribution in [2.75, 3.05) is 18.5 Å². The first-order chi connectivity index (χ1) is 14.1. The van der Waals surface area contributed by atoms with Crippen molar-refractivity contribution in [1.82, 2.24) is 0 Å². The third-order valence-corrected chi connectivity index (χ3v) is 4.25. The summed E-state index contributed by atoms with van der Waals surface area (Å²) in [6.07, 6.45) is -0.0434. The molecule has 1 amide bonds. The normalized spacial score (nSPS) is 11.0. The van der Waals surface area contributed by atoms with Gasteiger partial charge in [0.05, 0.1) is 18.6 Å². The topological polar surface area (TPSA) is 81.7 Å². The Morgan fingerprint density at radius 3 is 2.27 bits per heavy atom. The van der Waals surface area contributed by atoms with E-state index in [2.05, 4.69) is 26.1 Å². The first kappa shape index (κ1) is 23.1. The number of halogens is 1. The average Bonchev–Trinajstić information content (AvgIpc) is 2.65. The van der Waals surface area contributed by atoms with Crippen molar-refractivity contribution in [3.63, 3.8) is 0 Å². The fourth-order valence-electron chi connectivity index (χ4n) is 2.62. The minimum absolute atomic E-state index is 0.0403. The van der Waals surface area contributed by atoms with E-state index in [9.17, 15) is 18.8 Å². The number of carbonyl (C=O) groups excluding carboxylic acids is 3. The number of carbonyl (C=O) groups is 3. The zero-order valence-electron chi connectivity index (χ0n) is 17.6. The van der Waals surface area contributed by atoms with Gasteiger partial charge in [-0.15, -0.1) is 0 Å². The lowest BCUT2D eigenvalue weighted by Gasteiger charge is -2.19. The van der Waals surface area contributed by atoms with Gasteiger partial charge in [-0.05, 0) is 41.3 Å². The molecule has 7 heteroatoms. The highest BCUT2D eigenvalue weighted by Crippen LogP contribution is 2.24. The van der Waals surface area contributed by atoms with Gasteiger partial charge in [-0.25, -0.2) is 4.39 Å². The molecule has 1 N–H and O–H groups in total. The number of ketones is 1. The Labute approximate surface area is 175 Å². The van der Waals surface area contributed by atoms with Gasteiger partial charge in [0, 0.05) is 12.6 Å². The van der Waals surface area contributed by atoms with Gasteiger partial charge in [0.25, 0.3) is 0 Å². The molecule has 0 aromatic heterocycles. The van der Waals surface area contributed by atoms with E-state index in [1.807, 2.05) is 24.3 Å². The van der Waals surface area contributed by atoms with Crippen LogP contribution in [0.5, 0.6) is 5.75 Å². The van der Waals surface area contributed by atoms with Gasteiger partial charge in [0.2, 0.25) is 11.7 Å². The number of hydrogen-bond acceptors (Lipinski definition) is 5. The Hall–Kier alpha value is -3.22. The van der Waals surface area contributed by atoms with Crippen LogP contribution >= 0.6 is 0 Å². The van der Waals surface area contributed by atoms with E-state index in [4.69, 9.17) is 9.47 Å². The molecule has 160 valence electrons. The summed E-state index contributed by atoms with van der Waals surface area (Å²) in [5.41, 5.74) is 1.23. The Morgan fingerprint density at radius 2 is 1.70 bits per heavy atom. The third-order valence-electron chi connectivity index (χ3n) is 4.25. The maximum absolute atomic E-state index is 14.0. The number of hydrogen-bond donors (Lipinski definition) is 1. The van der Waals surface area contributed by atoms with E-state index in [0.29, 0.717) is 5.75 Å². The maximum atomic E-state index is 14.0. The second-order valence-electron chi connectivity index (χ2n) is 7.83. The van der Waals surface area contributed by atoms with Crippen molar-refractivity contribution in [1.29, 1.82) is 0 Å². The quantitative estimate of drug-likeness (QED) is 0.514. The molecule has 30 heavy (non-hydrogen) atoms. The fourth-order valence-corrected chi connectivity index (χ4v) is 2.62. The summed E-state index contributed by atoms with van der Waals surface area (Å²) in [6.45, 7) is 7.16. The van der Waals surface area contributed by atoms with Gasteiger partial charge in [0.1, 0.15) is 11.6 Å². The monoisotopic (exact) mass is 415 g/mol. The summed E-state index contributed by atoms with van der Waals surface area (Å²) in [5.74, 6) is -1.81. The summed E-state index contributed by atoms with van der Waals surface area (Å²) in [7, 11) is 0. The number of amides is 1. The van der Waals surface area contributed by atoms with Crippen LogP contribution in [0.1, 0.15) is 50.0 Å². The second-order valence-corrected chi connectivity index (χ2v) is 7.83. The number of rotatable bonds is 8. The largest absolute Gasteiger partial charge is 0.493 e. The number of nitrogens with one attached hydrogen (secondary N) is 1. The number of esters is 1. The molecule has 0 saturated heterocycles. The summed E-state index contributed by atoms with van der Waals surface area (Å²) >= 11 is 0. The molecule has 0 saturated carbocycles. The van der Waals surface area contributed by atoms with Gasteiger partial charge in [-0.2, -0.15) is 0 Å². The predicted molar refractivity (Wildman–Crippen MR) is 111 cm³/mol. The summed E-state index contributed by atoms with van der Waals surface area (Å²) in [6, 6.07) is 11.3. The van der Waals surface area contributed by atoms with Crippen molar-refractivity contribution in [2.24, 2.45) is 0 Å². The van der Waals surface area contributed by atoms with Crippen molar-refractivity contribution >= 4 is 23.3 Å². The molecule has 0 atom stereocenters. The zero-order chi connectivity index (χ0) is 22.3. The Morgan fingerprint density at radius 1 is 1.03 bits per heavy atom. The molecule has 0 spiro atoms. The minimum atomic E-state index is -0.802. The molecule has 0 aliphatic heterocycles. The van der Waals surface area contributed by atoms with Gasteiger partial charge >= 0.3 is 5.97 Å². The molecule has 0 aliphatic carbocycles. The fraction of sp³-hybridized carbons (Fsp3) is 0.348. The van der Waals surface area contributed by atoms with E-state index in [1.54, 1.807) is 0 Å². The molecule has 0 heterocycles. The van der Waals surface area contributed by atoms with Crippen molar-refractivity contribution in [2.45, 2.75) is 39.5 Å². The lowest BCUT2D eigenvalue weighted by molar-refractivity contribution is -0.143. The van der Waals surface area contributed by atoms with Crippen LogP contribution < -0.4 is 10.1 Å². The number of benzene rings is 2. The molecule has 6 nitrogen and oxygen atoms in total. The number of Topliss-reactive ketones (excluding diaryl/α,β-unsaturated/α-hetero) is 1. The first-order valence-electron chi connectivity index (χ1n) is 9.55. The van der Waals surface area contributed by atoms with E-state index < -0.39 is 24.2 Å². The lowest BCUT2D eigenvalue weighted by atomic mass is 9.87. The van der Waals surface area contributed by atoms with Crippen LogP contribution in [0.15, 0.2) is 42.5 Å². The molecular formula is C23H26FNO5. The first-order valence-corrected chi connectivity index (χ1v) is 9.55. The molecule has 2 aromatic rings. The van der Waals surface area contributed by atoms with Crippen LogP contribution in [0, 0.1) is 5.82 Å². The highest BCUT2D eigenvalue weighted by atomic mass is 19.1. The standard InChI is InChI=1S/C23H26FNO5/c1-15(26)25-17-7-10-19(20(24)13-17)21(27)14-30-22(28)11-12-29-18-8-5-16(6-9-18)23(2,3)4/h5-10,13H,11-12,14H2,1-4H3,(H,25,26). The SMILES string of the molecule is CC(=O)Nc1ccc(C(=O)COC(=O)CCOc2ccc(C(C)(C)C)cc2)c(F)c1. The summed E-state index contributed by atoms with van der Waals surface area (Å²) in [4.78, 5) is 34.9. The van der Waals surface area contributed by atoms with E-state index in [0.717, 1.165) is 6.07 Å². The van der Waals surface area contributed by atoms with Gasteiger partial charge in [-0.1, -0.05) is 32.9 Å². The van der Waals surface area contributed by atoms with Crippen molar-refractivity contribution < 1.29 is 28.2 Å². The van der Waals surface area contributed by atoms with Gasteiger partial charge in [-0.3, -0.25) is 14.4 Å². The van der Waals surface area contributed by atoms with Crippen LogP contribution in [0.4, 0.5) is 10.1 Å². The summed E-state index contributed by atoms with van der Waals surface area (Å²) < 4.78 is 24.5. The molecule has 0 radical (unpaired) electrons. The van der Waals surface area contributed by atoms with E-state index >= 15 is 0 Å². The Kier molecular flexibility index (Phi) is 7.69. The molecule has 0 bridgehead atoms. The van der Waals surface area contributed by atoms with Crippen LogP contribution in [0.2, 0.25) is 0 Å². The van der Waals surface area contributed by atoms with Crippen LogP contribution in [-0.4, -0.2) is 30.9 Å². The van der Waals surface area contributed by atoms with Crippen molar-refractivity contribution in [3.8, 4) is 5.75 Å². The Balaban J connectivity index is 1.78. The van der Waals surface area contributed by atoms with Gasteiger partial charge in [0.15, 0.2) is 6.61 Å².